The minimum atomic E-state index is -1.09. The van der Waals surface area contributed by atoms with Crippen molar-refractivity contribution in [3.8, 4) is 0 Å². The van der Waals surface area contributed by atoms with Crippen LogP contribution >= 0.6 is 0 Å². The summed E-state index contributed by atoms with van der Waals surface area (Å²) in [7, 11) is 0. The number of nitrogens with one attached hydrogen (secondary N) is 1. The lowest BCUT2D eigenvalue weighted by Gasteiger charge is -2.42. The molecule has 2 N–H and O–H groups in total. The summed E-state index contributed by atoms with van der Waals surface area (Å²) in [5.74, 6) is -1.23. The molecule has 1 amide bonds. The van der Waals surface area contributed by atoms with Gasteiger partial charge in [-0.25, -0.2) is 0 Å². The molecule has 2 aliphatic carbocycles. The number of carbonyl (C=O) groups excluding carboxylic acids is 1. The highest BCUT2D eigenvalue weighted by molar-refractivity contribution is 6.05. The molecule has 0 aromatic rings. The summed E-state index contributed by atoms with van der Waals surface area (Å²) in [5.41, 5.74) is -1.18. The minimum absolute atomic E-state index is 0.0951. The van der Waals surface area contributed by atoms with Gasteiger partial charge in [0, 0.05) is 5.54 Å². The van der Waals surface area contributed by atoms with Crippen molar-refractivity contribution in [3.05, 3.63) is 0 Å². The molecule has 0 aromatic heterocycles. The van der Waals surface area contributed by atoms with Crippen LogP contribution in [0.25, 0.3) is 0 Å². The molecule has 0 radical (unpaired) electrons. The van der Waals surface area contributed by atoms with Gasteiger partial charge in [0.25, 0.3) is 0 Å². The third kappa shape index (κ3) is 1.52. The number of amides is 1. The maximum Gasteiger partial charge on any atom is 0.319 e. The molecular formula is C11H17NO3. The molecule has 0 spiro atoms. The van der Waals surface area contributed by atoms with Crippen LogP contribution in [-0.2, 0) is 9.59 Å². The second-order valence-corrected chi connectivity index (χ2v) is 4.83. The van der Waals surface area contributed by atoms with E-state index in [0.29, 0.717) is 12.8 Å². The van der Waals surface area contributed by atoms with Crippen molar-refractivity contribution in [2.45, 2.75) is 51.0 Å². The van der Waals surface area contributed by atoms with Gasteiger partial charge in [0.1, 0.15) is 5.41 Å². The Hall–Kier alpha value is -1.06. The van der Waals surface area contributed by atoms with E-state index >= 15 is 0 Å². The van der Waals surface area contributed by atoms with Crippen LogP contribution in [0.2, 0.25) is 0 Å². The third-order valence-electron chi connectivity index (χ3n) is 3.96. The monoisotopic (exact) mass is 211 g/mol. The van der Waals surface area contributed by atoms with Crippen LogP contribution < -0.4 is 5.32 Å². The summed E-state index contributed by atoms with van der Waals surface area (Å²) in [5, 5.41) is 11.9. The molecule has 2 saturated carbocycles. The Bertz CT molecular complexity index is 297. The predicted molar refractivity (Wildman–Crippen MR) is 54.3 cm³/mol. The normalized spacial score (nSPS) is 25.1. The number of carboxylic acids is 1. The molecule has 2 rings (SSSR count). The first-order valence-electron chi connectivity index (χ1n) is 5.61. The number of carboxylic acid groups (broad SMARTS) is 1. The highest BCUT2D eigenvalue weighted by Gasteiger charge is 2.58. The summed E-state index contributed by atoms with van der Waals surface area (Å²) < 4.78 is 0. The van der Waals surface area contributed by atoms with Gasteiger partial charge in [0.05, 0.1) is 0 Å². The second-order valence-electron chi connectivity index (χ2n) is 4.83. The van der Waals surface area contributed by atoms with Crippen molar-refractivity contribution in [2.24, 2.45) is 5.41 Å². The average Bonchev–Trinajstić information content (AvgIpc) is 2.91. The second kappa shape index (κ2) is 3.22. The summed E-state index contributed by atoms with van der Waals surface area (Å²) >= 11 is 0. The van der Waals surface area contributed by atoms with Crippen molar-refractivity contribution in [1.29, 1.82) is 0 Å². The van der Waals surface area contributed by atoms with Crippen LogP contribution in [0.5, 0.6) is 0 Å². The summed E-state index contributed by atoms with van der Waals surface area (Å²) in [6.07, 6.45) is 5.00. The van der Waals surface area contributed by atoms with E-state index < -0.39 is 11.4 Å². The first-order valence-corrected chi connectivity index (χ1v) is 5.61. The van der Waals surface area contributed by atoms with Crippen LogP contribution in [0.1, 0.15) is 45.4 Å². The van der Waals surface area contributed by atoms with Gasteiger partial charge in [0.2, 0.25) is 5.91 Å². The molecule has 0 atom stereocenters. The number of hydrogen-bond acceptors (Lipinski definition) is 2. The summed E-state index contributed by atoms with van der Waals surface area (Å²) in [6.45, 7) is 2.04. The lowest BCUT2D eigenvalue weighted by atomic mass is 9.74. The minimum Gasteiger partial charge on any atom is -0.480 e. The average molecular weight is 211 g/mol. The van der Waals surface area contributed by atoms with Gasteiger partial charge in [-0.2, -0.15) is 0 Å². The Balaban J connectivity index is 2.01. The fraction of sp³-hybridized carbons (Fsp3) is 0.818. The zero-order valence-electron chi connectivity index (χ0n) is 9.01. The summed E-state index contributed by atoms with van der Waals surface area (Å²) in [4.78, 5) is 22.8. The van der Waals surface area contributed by atoms with Crippen molar-refractivity contribution in [2.75, 3.05) is 0 Å². The highest BCUT2D eigenvalue weighted by atomic mass is 16.4. The van der Waals surface area contributed by atoms with Gasteiger partial charge in [-0.05, 0) is 38.5 Å². The van der Waals surface area contributed by atoms with Crippen LogP contribution in [-0.4, -0.2) is 22.5 Å². The molecule has 4 heteroatoms. The third-order valence-corrected chi connectivity index (χ3v) is 3.96. The Kier molecular flexibility index (Phi) is 2.24. The van der Waals surface area contributed by atoms with Gasteiger partial charge in [-0.15, -0.1) is 0 Å². The van der Waals surface area contributed by atoms with E-state index in [1.165, 1.54) is 0 Å². The molecule has 2 fully saturated rings. The fourth-order valence-electron chi connectivity index (χ4n) is 2.19. The van der Waals surface area contributed by atoms with Crippen molar-refractivity contribution in [1.82, 2.24) is 5.32 Å². The number of aliphatic carboxylic acids is 1. The molecule has 0 aliphatic heterocycles. The van der Waals surface area contributed by atoms with Gasteiger partial charge >= 0.3 is 5.97 Å². The van der Waals surface area contributed by atoms with Crippen LogP contribution in [0, 0.1) is 5.41 Å². The largest absolute Gasteiger partial charge is 0.480 e. The molecule has 4 nitrogen and oxygen atoms in total. The Morgan fingerprint density at radius 1 is 1.27 bits per heavy atom. The molecule has 0 heterocycles. The molecule has 2 aliphatic rings. The topological polar surface area (TPSA) is 66.4 Å². The fourth-order valence-corrected chi connectivity index (χ4v) is 2.19. The quantitative estimate of drug-likeness (QED) is 0.689. The SMILES string of the molecule is CCC1(NC(=O)C2(C(=O)O)CC2)CCC1. The zero-order chi connectivity index (χ0) is 11.1. The molecule has 15 heavy (non-hydrogen) atoms. The van der Waals surface area contributed by atoms with Crippen molar-refractivity contribution >= 4 is 11.9 Å². The van der Waals surface area contributed by atoms with Crippen molar-refractivity contribution in [3.63, 3.8) is 0 Å². The molecular weight excluding hydrogens is 194 g/mol. The van der Waals surface area contributed by atoms with Crippen LogP contribution in [0.3, 0.4) is 0 Å². The van der Waals surface area contributed by atoms with Gasteiger partial charge in [-0.1, -0.05) is 6.92 Å². The van der Waals surface area contributed by atoms with E-state index in [1.807, 2.05) is 6.92 Å². The number of carbonyl (C=O) groups is 2. The molecule has 0 saturated heterocycles. The standard InChI is InChI=1S/C11H17NO3/c1-2-10(4-3-5-10)12-8(13)11(6-7-11)9(14)15/h2-7H2,1H3,(H,12,13)(H,14,15). The summed E-state index contributed by atoms with van der Waals surface area (Å²) in [6, 6.07) is 0. The maximum absolute atomic E-state index is 11.8. The number of rotatable bonds is 4. The first-order chi connectivity index (χ1) is 7.05. The van der Waals surface area contributed by atoms with Gasteiger partial charge in [-0.3, -0.25) is 9.59 Å². The first kappa shape index (κ1) is 10.5. The van der Waals surface area contributed by atoms with E-state index in [9.17, 15) is 9.59 Å². The van der Waals surface area contributed by atoms with E-state index in [2.05, 4.69) is 5.32 Å². The number of hydrogen-bond donors (Lipinski definition) is 2. The lowest BCUT2D eigenvalue weighted by Crippen LogP contribution is -2.55. The van der Waals surface area contributed by atoms with E-state index in [-0.39, 0.29) is 11.4 Å². The predicted octanol–water partition coefficient (Wildman–Crippen LogP) is 1.30. The van der Waals surface area contributed by atoms with E-state index in [4.69, 9.17) is 5.11 Å². The van der Waals surface area contributed by atoms with Gasteiger partial charge in [0.15, 0.2) is 0 Å². The zero-order valence-corrected chi connectivity index (χ0v) is 9.01. The molecule has 0 aromatic carbocycles. The van der Waals surface area contributed by atoms with Crippen LogP contribution in [0.15, 0.2) is 0 Å². The smallest absolute Gasteiger partial charge is 0.319 e. The molecule has 0 bridgehead atoms. The Morgan fingerprint density at radius 3 is 2.13 bits per heavy atom. The highest BCUT2D eigenvalue weighted by Crippen LogP contribution is 2.47. The van der Waals surface area contributed by atoms with E-state index in [0.717, 1.165) is 25.7 Å². The lowest BCUT2D eigenvalue weighted by molar-refractivity contribution is -0.150. The van der Waals surface area contributed by atoms with Gasteiger partial charge < -0.3 is 10.4 Å². The Labute approximate surface area is 89.0 Å². The van der Waals surface area contributed by atoms with Crippen molar-refractivity contribution < 1.29 is 14.7 Å². The Morgan fingerprint density at radius 2 is 1.87 bits per heavy atom. The molecule has 84 valence electrons. The maximum atomic E-state index is 11.8. The van der Waals surface area contributed by atoms with E-state index in [1.54, 1.807) is 0 Å². The molecule has 0 unspecified atom stereocenters. The van der Waals surface area contributed by atoms with Crippen LogP contribution in [0.4, 0.5) is 0 Å².